The Labute approximate surface area is 200 Å². The van der Waals surface area contributed by atoms with Crippen LogP contribution < -0.4 is 15.7 Å². The highest BCUT2D eigenvalue weighted by Crippen LogP contribution is 2.25. The standard InChI is InChI=1S/C23H16ClF3N4O4/c24-16-3-1-14(2-4-16)21(33)29-19-11-28-10-9-15(19)12-30-13-20(32)31(22(30)34)17-5-7-18(8-6-17)35-23(25,26)27/h1-11,13,32H,12H2,(H,29,33). The van der Waals surface area contributed by atoms with Gasteiger partial charge in [0.2, 0.25) is 5.88 Å². The summed E-state index contributed by atoms with van der Waals surface area (Å²) in [5, 5.41) is 13.5. The summed E-state index contributed by atoms with van der Waals surface area (Å²) in [5.41, 5.74) is 0.712. The Balaban J connectivity index is 1.57. The minimum Gasteiger partial charge on any atom is -0.493 e. The second-order valence-electron chi connectivity index (χ2n) is 7.27. The first-order valence-corrected chi connectivity index (χ1v) is 10.4. The molecular weight excluding hydrogens is 489 g/mol. The predicted molar refractivity (Wildman–Crippen MR) is 121 cm³/mol. The molecule has 0 aliphatic rings. The lowest BCUT2D eigenvalue weighted by Crippen LogP contribution is -2.24. The number of amides is 1. The SMILES string of the molecule is O=C(Nc1cnccc1Cn1cc(O)n(-c2ccc(OC(F)(F)F)cc2)c1=O)c1ccc(Cl)cc1. The number of anilines is 1. The van der Waals surface area contributed by atoms with Crippen molar-refractivity contribution in [1.82, 2.24) is 14.1 Å². The van der Waals surface area contributed by atoms with Crippen LogP contribution in [0.15, 0.2) is 78.0 Å². The number of nitrogens with zero attached hydrogens (tertiary/aromatic N) is 3. The molecule has 0 spiro atoms. The first-order chi connectivity index (χ1) is 16.6. The largest absolute Gasteiger partial charge is 0.573 e. The molecule has 2 heterocycles. The number of alkyl halides is 3. The summed E-state index contributed by atoms with van der Waals surface area (Å²) < 4.78 is 43.0. The van der Waals surface area contributed by atoms with E-state index in [1.165, 1.54) is 35.3 Å². The van der Waals surface area contributed by atoms with Gasteiger partial charge in [-0.25, -0.2) is 9.36 Å². The summed E-state index contributed by atoms with van der Waals surface area (Å²) in [6.45, 7) is -0.0343. The zero-order valence-electron chi connectivity index (χ0n) is 17.7. The van der Waals surface area contributed by atoms with E-state index in [4.69, 9.17) is 11.6 Å². The van der Waals surface area contributed by atoms with Gasteiger partial charge < -0.3 is 15.2 Å². The molecule has 2 aromatic carbocycles. The van der Waals surface area contributed by atoms with Crippen molar-refractivity contribution in [3.05, 3.63) is 99.8 Å². The fraction of sp³-hybridized carbons (Fsp3) is 0.0870. The Morgan fingerprint density at radius 2 is 1.77 bits per heavy atom. The second-order valence-corrected chi connectivity index (χ2v) is 7.71. The van der Waals surface area contributed by atoms with Gasteiger partial charge in [0.25, 0.3) is 5.91 Å². The average molecular weight is 505 g/mol. The molecule has 0 aliphatic carbocycles. The number of rotatable bonds is 6. The monoisotopic (exact) mass is 504 g/mol. The van der Waals surface area contributed by atoms with E-state index < -0.39 is 29.6 Å². The summed E-state index contributed by atoms with van der Waals surface area (Å²) in [6, 6.07) is 12.3. The molecule has 4 aromatic rings. The first-order valence-electron chi connectivity index (χ1n) is 9.98. The van der Waals surface area contributed by atoms with Crippen LogP contribution >= 0.6 is 11.6 Å². The maximum atomic E-state index is 12.9. The van der Waals surface area contributed by atoms with Crippen LogP contribution in [-0.2, 0) is 6.54 Å². The third-order valence-corrected chi connectivity index (χ3v) is 5.12. The molecule has 2 aromatic heterocycles. The maximum absolute atomic E-state index is 12.9. The summed E-state index contributed by atoms with van der Waals surface area (Å²) in [5.74, 6) is -1.31. The van der Waals surface area contributed by atoms with Crippen LogP contribution in [0.1, 0.15) is 15.9 Å². The molecule has 0 saturated heterocycles. The van der Waals surface area contributed by atoms with E-state index in [9.17, 15) is 27.9 Å². The molecule has 0 saturated carbocycles. The maximum Gasteiger partial charge on any atom is 0.573 e. The van der Waals surface area contributed by atoms with Gasteiger partial charge in [-0.15, -0.1) is 13.2 Å². The zero-order valence-corrected chi connectivity index (χ0v) is 18.4. The van der Waals surface area contributed by atoms with E-state index in [-0.39, 0.29) is 12.2 Å². The van der Waals surface area contributed by atoms with Crippen LogP contribution in [0.4, 0.5) is 18.9 Å². The van der Waals surface area contributed by atoms with Gasteiger partial charge in [0.15, 0.2) is 0 Å². The summed E-state index contributed by atoms with van der Waals surface area (Å²) >= 11 is 5.85. The van der Waals surface area contributed by atoms with Gasteiger partial charge in [-0.1, -0.05) is 11.6 Å². The summed E-state index contributed by atoms with van der Waals surface area (Å²) in [7, 11) is 0. The van der Waals surface area contributed by atoms with Crippen LogP contribution in [0.25, 0.3) is 5.69 Å². The van der Waals surface area contributed by atoms with Crippen LogP contribution in [0.2, 0.25) is 5.02 Å². The molecule has 8 nitrogen and oxygen atoms in total. The van der Waals surface area contributed by atoms with Crippen LogP contribution in [0.5, 0.6) is 11.6 Å². The molecule has 0 unspecified atom stereocenters. The Morgan fingerprint density at radius 1 is 1.09 bits per heavy atom. The molecule has 1 amide bonds. The second kappa shape index (κ2) is 9.55. The number of aromatic hydroxyl groups is 1. The molecule has 0 atom stereocenters. The number of ether oxygens (including phenoxy) is 1. The smallest absolute Gasteiger partial charge is 0.493 e. The quantitative estimate of drug-likeness (QED) is 0.400. The number of carbonyl (C=O) groups excluding carboxylic acids is 1. The Morgan fingerprint density at radius 3 is 2.43 bits per heavy atom. The lowest BCUT2D eigenvalue weighted by atomic mass is 10.2. The van der Waals surface area contributed by atoms with E-state index in [0.717, 1.165) is 16.7 Å². The topological polar surface area (TPSA) is 98.4 Å². The van der Waals surface area contributed by atoms with E-state index in [2.05, 4.69) is 15.0 Å². The van der Waals surface area contributed by atoms with Gasteiger partial charge >= 0.3 is 12.1 Å². The number of imidazole rings is 1. The molecular formula is C23H16ClF3N4O4. The van der Waals surface area contributed by atoms with E-state index in [0.29, 0.717) is 21.8 Å². The van der Waals surface area contributed by atoms with Crippen molar-refractivity contribution >= 4 is 23.2 Å². The molecule has 35 heavy (non-hydrogen) atoms. The van der Waals surface area contributed by atoms with E-state index in [1.807, 2.05) is 0 Å². The highest BCUT2D eigenvalue weighted by Gasteiger charge is 2.31. The normalized spacial score (nSPS) is 11.3. The predicted octanol–water partition coefficient (Wildman–Crippen LogP) is 4.59. The number of aromatic nitrogens is 3. The van der Waals surface area contributed by atoms with Crippen molar-refractivity contribution in [2.75, 3.05) is 5.32 Å². The van der Waals surface area contributed by atoms with Crippen LogP contribution in [-0.4, -0.2) is 31.5 Å². The molecule has 180 valence electrons. The molecule has 12 heteroatoms. The molecule has 2 N–H and O–H groups in total. The van der Waals surface area contributed by atoms with Gasteiger partial charge in [-0.2, -0.15) is 0 Å². The number of carbonyl (C=O) groups is 1. The lowest BCUT2D eigenvalue weighted by Gasteiger charge is -2.11. The Hall–Kier alpha value is -4.25. The van der Waals surface area contributed by atoms with Crippen molar-refractivity contribution in [2.45, 2.75) is 12.9 Å². The van der Waals surface area contributed by atoms with Gasteiger partial charge in [0.05, 0.1) is 30.3 Å². The molecule has 4 rings (SSSR count). The lowest BCUT2D eigenvalue weighted by molar-refractivity contribution is -0.274. The summed E-state index contributed by atoms with van der Waals surface area (Å²) in [4.78, 5) is 29.5. The fourth-order valence-corrected chi connectivity index (χ4v) is 3.41. The van der Waals surface area contributed by atoms with Crippen molar-refractivity contribution in [1.29, 1.82) is 0 Å². The molecule has 0 aliphatic heterocycles. The van der Waals surface area contributed by atoms with Gasteiger partial charge in [-0.3, -0.25) is 14.3 Å². The minimum atomic E-state index is -4.85. The third-order valence-electron chi connectivity index (χ3n) is 4.87. The fourth-order valence-electron chi connectivity index (χ4n) is 3.28. The Kier molecular flexibility index (Phi) is 6.52. The van der Waals surface area contributed by atoms with Gasteiger partial charge in [0.1, 0.15) is 5.75 Å². The molecule has 0 bridgehead atoms. The zero-order chi connectivity index (χ0) is 25.2. The number of benzene rings is 2. The van der Waals surface area contributed by atoms with Crippen molar-refractivity contribution in [2.24, 2.45) is 0 Å². The Bertz CT molecular complexity index is 1410. The van der Waals surface area contributed by atoms with Crippen LogP contribution in [0, 0.1) is 0 Å². The van der Waals surface area contributed by atoms with E-state index in [1.54, 1.807) is 30.3 Å². The van der Waals surface area contributed by atoms with Crippen molar-refractivity contribution in [3.8, 4) is 17.3 Å². The highest BCUT2D eigenvalue weighted by molar-refractivity contribution is 6.30. The average Bonchev–Trinajstić information content (AvgIpc) is 3.08. The number of halogens is 4. The number of nitrogens with one attached hydrogen (secondary N) is 1. The number of hydrogen-bond donors (Lipinski definition) is 2. The number of pyridine rings is 1. The molecule has 0 radical (unpaired) electrons. The van der Waals surface area contributed by atoms with Crippen LogP contribution in [0.3, 0.4) is 0 Å². The van der Waals surface area contributed by atoms with E-state index >= 15 is 0 Å². The third kappa shape index (κ3) is 5.64. The van der Waals surface area contributed by atoms with Crippen molar-refractivity contribution < 1.29 is 27.8 Å². The van der Waals surface area contributed by atoms with Gasteiger partial charge in [0, 0.05) is 16.8 Å². The number of hydrogen-bond acceptors (Lipinski definition) is 5. The highest BCUT2D eigenvalue weighted by atomic mass is 35.5. The minimum absolute atomic E-state index is 0.0343. The summed E-state index contributed by atoms with van der Waals surface area (Å²) in [6.07, 6.45) is -0.776. The van der Waals surface area contributed by atoms with Gasteiger partial charge in [-0.05, 0) is 60.2 Å². The van der Waals surface area contributed by atoms with Crippen molar-refractivity contribution in [3.63, 3.8) is 0 Å². The first kappa shape index (κ1) is 23.9. The molecule has 0 fully saturated rings.